The van der Waals surface area contributed by atoms with Crippen LogP contribution in [0, 0.1) is 5.41 Å². The van der Waals surface area contributed by atoms with Crippen LogP contribution in [0.1, 0.15) is 60.1 Å². The maximum absolute atomic E-state index is 11.8. The van der Waals surface area contributed by atoms with E-state index >= 15 is 0 Å². The lowest BCUT2D eigenvalue weighted by Gasteiger charge is -2.27. The smallest absolute Gasteiger partial charge is 0.174 e. The molecule has 0 saturated heterocycles. The number of ether oxygens (including phenoxy) is 1. The summed E-state index contributed by atoms with van der Waals surface area (Å²) in [7, 11) is 1.71. The third kappa shape index (κ3) is 2.43. The summed E-state index contributed by atoms with van der Waals surface area (Å²) < 4.78 is 5.55. The fraction of sp³-hybridized carbons (Fsp3) is 0.692. The number of aryl methyl sites for hydroxylation is 1. The van der Waals surface area contributed by atoms with Crippen molar-refractivity contribution in [1.29, 1.82) is 0 Å². The van der Waals surface area contributed by atoms with Gasteiger partial charge in [0.25, 0.3) is 0 Å². The Kier molecular flexibility index (Phi) is 3.36. The Balaban J connectivity index is 2.37. The Morgan fingerprint density at radius 1 is 1.35 bits per heavy atom. The molecule has 2 rings (SSSR count). The second-order valence-corrected chi connectivity index (χ2v) is 6.62. The second kappa shape index (κ2) is 4.50. The summed E-state index contributed by atoms with van der Waals surface area (Å²) in [5.41, 5.74) is 0.977. The molecule has 4 heteroatoms. The quantitative estimate of drug-likeness (QED) is 0.811. The van der Waals surface area contributed by atoms with Gasteiger partial charge in [-0.3, -0.25) is 4.79 Å². The van der Waals surface area contributed by atoms with E-state index < -0.39 is 0 Å². The third-order valence-corrected chi connectivity index (χ3v) is 4.21. The van der Waals surface area contributed by atoms with E-state index in [2.05, 4.69) is 25.8 Å². The second-order valence-electron chi connectivity index (χ2n) is 5.59. The molecular formula is C13H19NO2S. The Morgan fingerprint density at radius 2 is 2.06 bits per heavy atom. The molecule has 3 nitrogen and oxygen atoms in total. The van der Waals surface area contributed by atoms with Crippen molar-refractivity contribution in [1.82, 2.24) is 4.98 Å². The number of fused-ring (bicyclic) bond motifs is 1. The fourth-order valence-electron chi connectivity index (χ4n) is 2.22. The molecule has 1 aromatic rings. The van der Waals surface area contributed by atoms with Crippen molar-refractivity contribution < 1.29 is 9.53 Å². The van der Waals surface area contributed by atoms with E-state index in [4.69, 9.17) is 4.74 Å². The molecule has 17 heavy (non-hydrogen) atoms. The summed E-state index contributed by atoms with van der Waals surface area (Å²) in [4.78, 5) is 17.3. The van der Waals surface area contributed by atoms with Gasteiger partial charge in [0.2, 0.25) is 0 Å². The monoisotopic (exact) mass is 253 g/mol. The number of nitrogens with zero attached hydrogens (tertiary/aromatic N) is 1. The van der Waals surface area contributed by atoms with E-state index in [1.807, 2.05) is 0 Å². The first-order valence-corrected chi connectivity index (χ1v) is 6.80. The van der Waals surface area contributed by atoms with Crippen molar-refractivity contribution in [3.63, 3.8) is 0 Å². The zero-order valence-corrected chi connectivity index (χ0v) is 11.7. The molecule has 0 N–H and O–H groups in total. The van der Waals surface area contributed by atoms with Crippen LogP contribution in [0.2, 0.25) is 0 Å². The van der Waals surface area contributed by atoms with Gasteiger partial charge in [-0.15, -0.1) is 11.3 Å². The molecule has 1 aromatic heterocycles. The lowest BCUT2D eigenvalue weighted by Crippen LogP contribution is -2.20. The maximum Gasteiger partial charge on any atom is 0.174 e. The van der Waals surface area contributed by atoms with Gasteiger partial charge in [-0.2, -0.15) is 0 Å². The Hall–Kier alpha value is -0.740. The highest BCUT2D eigenvalue weighted by Crippen LogP contribution is 2.39. The minimum absolute atomic E-state index is 0.00174. The molecule has 1 aliphatic carbocycles. The number of carbonyl (C=O) groups excluding carboxylic acids is 1. The van der Waals surface area contributed by atoms with Crippen LogP contribution in [0.4, 0.5) is 0 Å². The summed E-state index contributed by atoms with van der Waals surface area (Å²) in [6, 6.07) is 0. The first-order chi connectivity index (χ1) is 7.93. The molecule has 0 aliphatic heterocycles. The average Bonchev–Trinajstić information content (AvgIpc) is 2.61. The number of ketones is 1. The van der Waals surface area contributed by atoms with Gasteiger partial charge in [0.05, 0.1) is 10.6 Å². The topological polar surface area (TPSA) is 39.2 Å². The number of methoxy groups -OCH3 is 1. The van der Waals surface area contributed by atoms with Crippen molar-refractivity contribution in [2.45, 2.75) is 46.1 Å². The highest BCUT2D eigenvalue weighted by atomic mass is 32.1. The minimum atomic E-state index is -0.0362. The average molecular weight is 253 g/mol. The van der Waals surface area contributed by atoms with Crippen LogP contribution in [0.3, 0.4) is 0 Å². The van der Waals surface area contributed by atoms with Gasteiger partial charge in [0, 0.05) is 13.5 Å². The number of carbonyl (C=O) groups is 1. The van der Waals surface area contributed by atoms with Gasteiger partial charge in [-0.05, 0) is 18.3 Å². The molecule has 94 valence electrons. The molecular weight excluding hydrogens is 234 g/mol. The summed E-state index contributed by atoms with van der Waals surface area (Å²) in [5.74, 6) is 0.249. The number of rotatable bonds is 2. The minimum Gasteiger partial charge on any atom is -0.374 e. The predicted octanol–water partition coefficient (Wildman–Crippen LogP) is 3.40. The van der Waals surface area contributed by atoms with E-state index in [-0.39, 0.29) is 17.3 Å². The molecule has 1 unspecified atom stereocenters. The highest BCUT2D eigenvalue weighted by Gasteiger charge is 2.32. The number of hydrogen-bond donors (Lipinski definition) is 0. The summed E-state index contributed by atoms with van der Waals surface area (Å²) >= 11 is 1.52. The Bertz CT molecular complexity index is 431. The normalized spacial score (nSPS) is 18.0. The number of Topliss-reactive ketones (excluding diaryl/α,β-unsaturated/α-hetero) is 1. The summed E-state index contributed by atoms with van der Waals surface area (Å²) in [6.07, 6.45) is 2.49. The van der Waals surface area contributed by atoms with Crippen LogP contribution in [-0.2, 0) is 11.2 Å². The van der Waals surface area contributed by atoms with Gasteiger partial charge in [-0.25, -0.2) is 4.98 Å². The summed E-state index contributed by atoms with van der Waals surface area (Å²) in [6.45, 7) is 6.39. The Labute approximate surface area is 106 Å². The van der Waals surface area contributed by atoms with E-state index in [1.165, 1.54) is 11.3 Å². The largest absolute Gasteiger partial charge is 0.374 e. The molecule has 0 aromatic carbocycles. The number of thiazole rings is 1. The van der Waals surface area contributed by atoms with E-state index in [0.717, 1.165) is 28.4 Å². The molecule has 1 atom stereocenters. The lowest BCUT2D eigenvalue weighted by molar-refractivity contribution is 0.0149. The summed E-state index contributed by atoms with van der Waals surface area (Å²) in [5, 5.41) is 0.945. The van der Waals surface area contributed by atoms with Gasteiger partial charge in [-0.1, -0.05) is 20.8 Å². The molecule has 0 fully saturated rings. The Morgan fingerprint density at radius 3 is 2.59 bits per heavy atom. The van der Waals surface area contributed by atoms with Crippen molar-refractivity contribution in [3.05, 3.63) is 15.6 Å². The van der Waals surface area contributed by atoms with Crippen molar-refractivity contribution in [2.75, 3.05) is 7.11 Å². The van der Waals surface area contributed by atoms with Gasteiger partial charge in [0.1, 0.15) is 11.1 Å². The molecule has 0 saturated carbocycles. The van der Waals surface area contributed by atoms with Gasteiger partial charge < -0.3 is 4.74 Å². The van der Waals surface area contributed by atoms with Crippen molar-refractivity contribution in [3.8, 4) is 0 Å². The van der Waals surface area contributed by atoms with Crippen molar-refractivity contribution in [2.24, 2.45) is 5.41 Å². The van der Waals surface area contributed by atoms with Gasteiger partial charge >= 0.3 is 0 Å². The van der Waals surface area contributed by atoms with E-state index in [9.17, 15) is 4.79 Å². The van der Waals surface area contributed by atoms with Crippen LogP contribution in [0.25, 0.3) is 0 Å². The predicted molar refractivity (Wildman–Crippen MR) is 68.6 cm³/mol. The fourth-order valence-corrected chi connectivity index (χ4v) is 3.63. The van der Waals surface area contributed by atoms with Crippen LogP contribution in [0.15, 0.2) is 0 Å². The molecule has 0 bridgehead atoms. The molecule has 1 heterocycles. The van der Waals surface area contributed by atoms with E-state index in [0.29, 0.717) is 6.42 Å². The highest BCUT2D eigenvalue weighted by molar-refractivity contribution is 7.14. The van der Waals surface area contributed by atoms with Crippen LogP contribution in [0.5, 0.6) is 0 Å². The van der Waals surface area contributed by atoms with Crippen LogP contribution >= 0.6 is 11.3 Å². The molecule has 0 radical (unpaired) electrons. The number of hydrogen-bond acceptors (Lipinski definition) is 4. The van der Waals surface area contributed by atoms with Crippen molar-refractivity contribution >= 4 is 17.1 Å². The van der Waals surface area contributed by atoms with Crippen LogP contribution < -0.4 is 0 Å². The van der Waals surface area contributed by atoms with E-state index in [1.54, 1.807) is 7.11 Å². The first kappa shape index (κ1) is 12.7. The molecule has 1 aliphatic rings. The maximum atomic E-state index is 11.8. The van der Waals surface area contributed by atoms with Gasteiger partial charge in [0.15, 0.2) is 5.78 Å². The third-order valence-electron chi connectivity index (χ3n) is 3.03. The lowest BCUT2D eigenvalue weighted by atomic mass is 9.89. The zero-order valence-electron chi connectivity index (χ0n) is 10.9. The molecule has 0 amide bonds. The first-order valence-electron chi connectivity index (χ1n) is 5.99. The SMILES string of the molecule is COC(c1nc2c(s1)C(=O)CCC2)C(C)(C)C. The van der Waals surface area contributed by atoms with Crippen LogP contribution in [-0.4, -0.2) is 17.9 Å². The standard InChI is InChI=1S/C13H19NO2S/c1-13(2,3)11(16-4)12-14-8-6-5-7-9(15)10(8)17-12/h11H,5-7H2,1-4H3. The molecule has 0 spiro atoms. The number of aromatic nitrogens is 1. The zero-order chi connectivity index (χ0) is 12.6.